The average molecular weight is 578 g/mol. The number of sulfonamides is 1. The molecule has 0 fully saturated rings. The number of anilines is 2. The van der Waals surface area contributed by atoms with Crippen LogP contribution in [0.2, 0.25) is 0 Å². The van der Waals surface area contributed by atoms with Crippen LogP contribution in [0.25, 0.3) is 0 Å². The number of rotatable bonds is 10. The van der Waals surface area contributed by atoms with E-state index in [0.717, 1.165) is 10.7 Å². The molecule has 0 aliphatic rings. The van der Waals surface area contributed by atoms with E-state index in [4.69, 9.17) is 4.74 Å². The van der Waals surface area contributed by atoms with E-state index in [1.54, 1.807) is 56.5 Å². The van der Waals surface area contributed by atoms with Crippen molar-refractivity contribution in [3.05, 3.63) is 82.3 Å². The van der Waals surface area contributed by atoms with Crippen molar-refractivity contribution in [2.45, 2.75) is 18.6 Å². The van der Waals surface area contributed by atoms with Gasteiger partial charge in [0.2, 0.25) is 15.9 Å². The maximum absolute atomic E-state index is 13.5. The Morgan fingerprint density at radius 1 is 1.11 bits per heavy atom. The molecule has 2 atom stereocenters. The van der Waals surface area contributed by atoms with Crippen LogP contribution < -0.4 is 20.1 Å². The van der Waals surface area contributed by atoms with Crippen LogP contribution in [0.3, 0.4) is 0 Å². The number of ether oxygens (including phenoxy) is 1. The third-order valence-corrected chi connectivity index (χ3v) is 6.64. The molecule has 0 saturated heterocycles. The lowest BCUT2D eigenvalue weighted by atomic mass is 9.90. The lowest BCUT2D eigenvalue weighted by molar-refractivity contribution is -0.122. The second kappa shape index (κ2) is 11.3. The molecule has 0 bridgehead atoms. The van der Waals surface area contributed by atoms with E-state index < -0.39 is 21.7 Å². The first-order valence-electron chi connectivity index (χ1n) is 10.9. The van der Waals surface area contributed by atoms with Gasteiger partial charge in [-0.1, -0.05) is 40.2 Å². The molecule has 0 radical (unpaired) electrons. The van der Waals surface area contributed by atoms with Crippen LogP contribution in [0, 0.1) is 0 Å². The van der Waals surface area contributed by atoms with Gasteiger partial charge in [0.25, 0.3) is 0 Å². The largest absolute Gasteiger partial charge is 0.506 e. The lowest BCUT2D eigenvalue weighted by Gasteiger charge is -2.31. The van der Waals surface area contributed by atoms with Gasteiger partial charge in [-0.3, -0.25) is 14.8 Å². The van der Waals surface area contributed by atoms with E-state index in [2.05, 4.69) is 31.3 Å². The Labute approximate surface area is 218 Å². The Kier molecular flexibility index (Phi) is 8.62. The Balaban J connectivity index is 1.87. The number of aliphatic hydroxyl groups excluding tert-OH is 1. The van der Waals surface area contributed by atoms with Crippen molar-refractivity contribution in [2.24, 2.45) is 0 Å². The molecular formula is C25H28BrN3O6S. The molecule has 0 heterocycles. The van der Waals surface area contributed by atoms with Crippen molar-refractivity contribution in [1.82, 2.24) is 5.32 Å². The van der Waals surface area contributed by atoms with E-state index in [0.29, 0.717) is 22.6 Å². The molecule has 0 aliphatic carbocycles. The predicted molar refractivity (Wildman–Crippen MR) is 143 cm³/mol. The summed E-state index contributed by atoms with van der Waals surface area (Å²) in [5, 5.41) is 26.9. The summed E-state index contributed by atoms with van der Waals surface area (Å²) in [5.41, 5.74) is 0.246. The molecule has 192 valence electrons. The maximum Gasteiger partial charge on any atom is 0.249 e. The third kappa shape index (κ3) is 6.97. The molecule has 3 aromatic carbocycles. The van der Waals surface area contributed by atoms with E-state index in [-0.39, 0.29) is 23.9 Å². The van der Waals surface area contributed by atoms with Gasteiger partial charge >= 0.3 is 0 Å². The molecule has 11 heteroatoms. The first kappa shape index (κ1) is 27.5. The average Bonchev–Trinajstić information content (AvgIpc) is 2.83. The van der Waals surface area contributed by atoms with E-state index in [1.165, 1.54) is 18.2 Å². The summed E-state index contributed by atoms with van der Waals surface area (Å²) in [6.45, 7) is 1.64. The highest BCUT2D eigenvalue weighted by Crippen LogP contribution is 2.30. The number of phenolic OH excluding ortho intramolecular Hbond substituents is 1. The summed E-state index contributed by atoms with van der Waals surface area (Å²) in [6.07, 6.45) is -0.164. The third-order valence-electron chi connectivity index (χ3n) is 5.55. The summed E-state index contributed by atoms with van der Waals surface area (Å²) in [6, 6.07) is 18.3. The molecular weight excluding hydrogens is 550 g/mol. The van der Waals surface area contributed by atoms with Crippen LogP contribution in [-0.4, -0.2) is 44.4 Å². The molecule has 0 saturated carbocycles. The number of phenols is 1. The monoisotopic (exact) mass is 577 g/mol. The zero-order chi connectivity index (χ0) is 26.5. The highest BCUT2D eigenvalue weighted by molar-refractivity contribution is 9.10. The number of methoxy groups -OCH3 is 1. The van der Waals surface area contributed by atoms with Gasteiger partial charge in [0.15, 0.2) is 0 Å². The number of benzene rings is 3. The van der Waals surface area contributed by atoms with Crippen LogP contribution in [0.5, 0.6) is 11.5 Å². The first-order valence-corrected chi connectivity index (χ1v) is 13.5. The van der Waals surface area contributed by atoms with Crippen molar-refractivity contribution in [1.29, 1.82) is 0 Å². The van der Waals surface area contributed by atoms with Gasteiger partial charge in [0.1, 0.15) is 17.0 Å². The SMILES string of the molecule is COc1ccc([C@](C)(NC[C@H](O)c2ccc(O)c(NS(C)(=O)=O)c2)C(=O)Nc2cccc(Br)c2)cc1. The number of carbonyl (C=O) groups is 1. The quantitative estimate of drug-likeness (QED) is 0.232. The highest BCUT2D eigenvalue weighted by atomic mass is 79.9. The molecule has 0 spiro atoms. The Hall–Kier alpha value is -3.12. The van der Waals surface area contributed by atoms with E-state index in [9.17, 15) is 23.4 Å². The normalized spacial score (nSPS) is 13.9. The van der Waals surface area contributed by atoms with E-state index in [1.807, 2.05) is 6.07 Å². The van der Waals surface area contributed by atoms with Gasteiger partial charge in [0, 0.05) is 16.7 Å². The maximum atomic E-state index is 13.5. The highest BCUT2D eigenvalue weighted by Gasteiger charge is 2.35. The molecule has 3 rings (SSSR count). The Morgan fingerprint density at radius 3 is 2.42 bits per heavy atom. The van der Waals surface area contributed by atoms with Crippen molar-refractivity contribution < 1.29 is 28.2 Å². The second-order valence-corrected chi connectivity index (χ2v) is 11.0. The van der Waals surface area contributed by atoms with Crippen LogP contribution in [0.1, 0.15) is 24.2 Å². The fourth-order valence-electron chi connectivity index (χ4n) is 3.52. The number of aromatic hydroxyl groups is 1. The van der Waals surface area contributed by atoms with Crippen molar-refractivity contribution in [2.75, 3.05) is 29.9 Å². The number of carbonyl (C=O) groups excluding carboxylic acids is 1. The number of hydrogen-bond donors (Lipinski definition) is 5. The van der Waals surface area contributed by atoms with Crippen LogP contribution in [0.4, 0.5) is 11.4 Å². The van der Waals surface area contributed by atoms with Gasteiger partial charge < -0.3 is 20.3 Å². The van der Waals surface area contributed by atoms with Gasteiger partial charge in [0.05, 0.1) is 25.2 Å². The van der Waals surface area contributed by atoms with Crippen molar-refractivity contribution in [3.8, 4) is 11.5 Å². The summed E-state index contributed by atoms with van der Waals surface area (Å²) < 4.78 is 31.4. The molecule has 1 amide bonds. The minimum atomic E-state index is -3.64. The summed E-state index contributed by atoms with van der Waals surface area (Å²) in [4.78, 5) is 13.5. The van der Waals surface area contributed by atoms with Crippen LogP contribution >= 0.6 is 15.9 Å². The minimum Gasteiger partial charge on any atom is -0.506 e. The predicted octanol–water partition coefficient (Wildman–Crippen LogP) is 3.71. The standard InChI is InChI=1S/C25H28BrN3O6S/c1-25(17-8-10-20(35-2)11-9-17,24(32)28-19-6-4-5-18(26)14-19)27-15-23(31)16-7-12-22(30)21(13-16)29-36(3,33)34/h4-14,23,27,29-31H,15H2,1-3H3,(H,28,32)/t23-,25-/m0/s1. The lowest BCUT2D eigenvalue weighted by Crippen LogP contribution is -2.50. The molecule has 5 N–H and O–H groups in total. The number of amides is 1. The number of hydrogen-bond acceptors (Lipinski definition) is 7. The smallest absolute Gasteiger partial charge is 0.249 e. The van der Waals surface area contributed by atoms with Gasteiger partial charge in [-0.15, -0.1) is 0 Å². The topological polar surface area (TPSA) is 137 Å². The van der Waals surface area contributed by atoms with Gasteiger partial charge in [-0.05, 0) is 60.5 Å². The van der Waals surface area contributed by atoms with Crippen molar-refractivity contribution >= 4 is 43.2 Å². The summed E-state index contributed by atoms with van der Waals surface area (Å²) >= 11 is 3.39. The molecule has 0 aromatic heterocycles. The van der Waals surface area contributed by atoms with Crippen LogP contribution in [0.15, 0.2) is 71.2 Å². The van der Waals surface area contributed by atoms with Gasteiger partial charge in [-0.25, -0.2) is 8.42 Å². The molecule has 3 aromatic rings. The Bertz CT molecular complexity index is 1330. The number of aliphatic hydroxyl groups is 1. The molecule has 36 heavy (non-hydrogen) atoms. The number of nitrogens with one attached hydrogen (secondary N) is 3. The molecule has 9 nitrogen and oxygen atoms in total. The van der Waals surface area contributed by atoms with Crippen LogP contribution in [-0.2, 0) is 20.4 Å². The van der Waals surface area contributed by atoms with E-state index >= 15 is 0 Å². The fourth-order valence-corrected chi connectivity index (χ4v) is 4.48. The molecule has 0 unspecified atom stereocenters. The fraction of sp³-hybridized carbons (Fsp3) is 0.240. The van der Waals surface area contributed by atoms with Gasteiger partial charge in [-0.2, -0.15) is 0 Å². The number of halogens is 1. The second-order valence-electron chi connectivity index (χ2n) is 8.37. The Morgan fingerprint density at radius 2 is 1.81 bits per heavy atom. The van der Waals surface area contributed by atoms with Crippen molar-refractivity contribution in [3.63, 3.8) is 0 Å². The minimum absolute atomic E-state index is 0.0561. The molecule has 0 aliphatic heterocycles. The summed E-state index contributed by atoms with van der Waals surface area (Å²) in [7, 11) is -2.09. The summed E-state index contributed by atoms with van der Waals surface area (Å²) in [5.74, 6) is -0.00700. The first-order chi connectivity index (χ1) is 16.9. The zero-order valence-electron chi connectivity index (χ0n) is 19.9. The zero-order valence-corrected chi connectivity index (χ0v) is 22.4.